The minimum absolute atomic E-state index is 0.0942. The fourth-order valence-electron chi connectivity index (χ4n) is 3.89. The Balaban J connectivity index is 1.47. The number of aromatic nitrogens is 2. The number of likely N-dealkylation sites (tertiary alicyclic amines) is 1. The number of nitrogens with zero attached hydrogens (tertiary/aromatic N) is 3. The summed E-state index contributed by atoms with van der Waals surface area (Å²) in [5.41, 5.74) is 0. The van der Waals surface area contributed by atoms with Crippen molar-refractivity contribution in [1.82, 2.24) is 15.0 Å². The van der Waals surface area contributed by atoms with E-state index in [4.69, 9.17) is 4.52 Å². The monoisotopic (exact) mass is 305 g/mol. The van der Waals surface area contributed by atoms with Crippen molar-refractivity contribution in [3.05, 3.63) is 11.7 Å². The molecule has 2 aliphatic rings. The Morgan fingerprint density at radius 2 is 1.82 bits per heavy atom. The molecule has 0 spiro atoms. The Hall–Kier alpha value is -1.39. The van der Waals surface area contributed by atoms with Crippen LogP contribution in [0.3, 0.4) is 0 Å². The van der Waals surface area contributed by atoms with Crippen LogP contribution < -0.4 is 0 Å². The fourth-order valence-corrected chi connectivity index (χ4v) is 3.89. The minimum atomic E-state index is -0.0942. The van der Waals surface area contributed by atoms with Gasteiger partial charge in [-0.15, -0.1) is 0 Å². The number of rotatable bonds is 4. The lowest BCUT2D eigenvalue weighted by Crippen LogP contribution is -2.39. The van der Waals surface area contributed by atoms with E-state index >= 15 is 0 Å². The fraction of sp³-hybridized carbons (Fsp3) is 0.824. The molecule has 1 aliphatic heterocycles. The summed E-state index contributed by atoms with van der Waals surface area (Å²) >= 11 is 0. The van der Waals surface area contributed by atoms with Crippen LogP contribution in [0.5, 0.6) is 0 Å². The maximum atomic E-state index is 12.4. The molecule has 1 saturated heterocycles. The molecule has 1 aliphatic carbocycles. The van der Waals surface area contributed by atoms with Crippen molar-refractivity contribution in [2.75, 3.05) is 13.1 Å². The molecule has 2 fully saturated rings. The molecule has 1 aromatic rings. The van der Waals surface area contributed by atoms with E-state index in [1.54, 1.807) is 0 Å². The van der Waals surface area contributed by atoms with Crippen LogP contribution >= 0.6 is 0 Å². The molecule has 1 amide bonds. The molecule has 0 N–H and O–H groups in total. The molecule has 5 heteroatoms. The minimum Gasteiger partial charge on any atom is -0.334 e. The third-order valence-corrected chi connectivity index (χ3v) is 5.26. The van der Waals surface area contributed by atoms with Gasteiger partial charge >= 0.3 is 11.8 Å². The molecule has 2 heterocycles. The first-order valence-electron chi connectivity index (χ1n) is 8.88. The van der Waals surface area contributed by atoms with Crippen molar-refractivity contribution >= 4 is 5.91 Å². The molecule has 122 valence electrons. The highest BCUT2D eigenvalue weighted by Gasteiger charge is 2.28. The van der Waals surface area contributed by atoms with Gasteiger partial charge in [-0.1, -0.05) is 44.2 Å². The van der Waals surface area contributed by atoms with E-state index in [1.165, 1.54) is 38.5 Å². The highest BCUT2D eigenvalue weighted by atomic mass is 16.5. The van der Waals surface area contributed by atoms with Crippen LogP contribution in [-0.2, 0) is 6.42 Å². The van der Waals surface area contributed by atoms with Crippen LogP contribution in [0.15, 0.2) is 4.52 Å². The first kappa shape index (κ1) is 15.5. The molecule has 3 rings (SSSR count). The first-order chi connectivity index (χ1) is 10.8. The Bertz CT molecular complexity index is 486. The van der Waals surface area contributed by atoms with Crippen molar-refractivity contribution in [3.63, 3.8) is 0 Å². The maximum Gasteiger partial charge on any atom is 0.316 e. The van der Waals surface area contributed by atoms with Gasteiger partial charge in [0, 0.05) is 19.5 Å². The van der Waals surface area contributed by atoms with E-state index in [-0.39, 0.29) is 11.8 Å². The van der Waals surface area contributed by atoms with E-state index in [2.05, 4.69) is 10.1 Å². The summed E-state index contributed by atoms with van der Waals surface area (Å²) in [6.45, 7) is 3.62. The molecule has 0 bridgehead atoms. The maximum absolute atomic E-state index is 12.4. The molecule has 1 aromatic heterocycles. The van der Waals surface area contributed by atoms with Crippen LogP contribution in [-0.4, -0.2) is 34.0 Å². The van der Waals surface area contributed by atoms with Crippen molar-refractivity contribution < 1.29 is 9.32 Å². The number of carbonyl (C=O) groups excluding carboxylic acids is 1. The Morgan fingerprint density at radius 1 is 1.14 bits per heavy atom. The average molecular weight is 305 g/mol. The summed E-state index contributed by atoms with van der Waals surface area (Å²) in [5, 5.41) is 3.81. The van der Waals surface area contributed by atoms with Crippen molar-refractivity contribution in [3.8, 4) is 0 Å². The largest absolute Gasteiger partial charge is 0.334 e. The van der Waals surface area contributed by atoms with Gasteiger partial charge in [0.25, 0.3) is 0 Å². The topological polar surface area (TPSA) is 59.2 Å². The van der Waals surface area contributed by atoms with Gasteiger partial charge in [0.05, 0.1) is 0 Å². The number of aryl methyl sites for hydroxylation is 1. The lowest BCUT2D eigenvalue weighted by molar-refractivity contribution is 0.0625. The van der Waals surface area contributed by atoms with Crippen LogP contribution in [0.25, 0.3) is 0 Å². The summed E-state index contributed by atoms with van der Waals surface area (Å²) < 4.78 is 5.07. The van der Waals surface area contributed by atoms with Crippen LogP contribution in [0.1, 0.15) is 74.8 Å². The molecule has 0 unspecified atom stereocenters. The second-order valence-corrected chi connectivity index (χ2v) is 6.84. The van der Waals surface area contributed by atoms with Gasteiger partial charge in [0.15, 0.2) is 5.82 Å². The Morgan fingerprint density at radius 3 is 2.45 bits per heavy atom. The second-order valence-electron chi connectivity index (χ2n) is 6.84. The summed E-state index contributed by atoms with van der Waals surface area (Å²) in [6, 6.07) is 0. The Kier molecular flexibility index (Phi) is 5.11. The molecule has 0 atom stereocenters. The van der Waals surface area contributed by atoms with Gasteiger partial charge in [-0.2, -0.15) is 4.98 Å². The van der Waals surface area contributed by atoms with Crippen molar-refractivity contribution in [1.29, 1.82) is 0 Å². The smallest absolute Gasteiger partial charge is 0.316 e. The van der Waals surface area contributed by atoms with Crippen molar-refractivity contribution in [2.45, 2.75) is 64.7 Å². The van der Waals surface area contributed by atoms with E-state index in [0.29, 0.717) is 12.2 Å². The SMILES string of the molecule is CCc1noc(C(=O)N2CCC(CC3CCCCC3)CC2)n1. The average Bonchev–Trinajstić information content (AvgIpc) is 3.05. The standard InChI is InChI=1S/C17H27N3O2/c1-2-15-18-16(22-19-15)17(21)20-10-8-14(9-11-20)12-13-6-4-3-5-7-13/h13-14H,2-12H2,1H3. The van der Waals surface area contributed by atoms with Gasteiger partial charge in [-0.05, 0) is 31.1 Å². The quantitative estimate of drug-likeness (QED) is 0.855. The highest BCUT2D eigenvalue weighted by Crippen LogP contribution is 2.33. The number of piperidine rings is 1. The molecular weight excluding hydrogens is 278 g/mol. The van der Waals surface area contributed by atoms with E-state index in [0.717, 1.165) is 37.8 Å². The third kappa shape index (κ3) is 3.68. The van der Waals surface area contributed by atoms with Gasteiger partial charge < -0.3 is 9.42 Å². The van der Waals surface area contributed by atoms with E-state index < -0.39 is 0 Å². The molecule has 22 heavy (non-hydrogen) atoms. The lowest BCUT2D eigenvalue weighted by atomic mass is 9.80. The summed E-state index contributed by atoms with van der Waals surface area (Å²) in [4.78, 5) is 18.4. The lowest BCUT2D eigenvalue weighted by Gasteiger charge is -2.33. The third-order valence-electron chi connectivity index (χ3n) is 5.26. The molecular formula is C17H27N3O2. The van der Waals surface area contributed by atoms with Crippen LogP contribution in [0.2, 0.25) is 0 Å². The van der Waals surface area contributed by atoms with Gasteiger partial charge in [-0.3, -0.25) is 4.79 Å². The van der Waals surface area contributed by atoms with E-state index in [1.807, 2.05) is 11.8 Å². The second kappa shape index (κ2) is 7.25. The first-order valence-corrected chi connectivity index (χ1v) is 8.88. The van der Waals surface area contributed by atoms with Gasteiger partial charge in [-0.25, -0.2) is 0 Å². The predicted molar refractivity (Wildman–Crippen MR) is 83.5 cm³/mol. The molecule has 0 aromatic carbocycles. The normalized spacial score (nSPS) is 21.2. The zero-order valence-electron chi connectivity index (χ0n) is 13.6. The molecule has 5 nitrogen and oxygen atoms in total. The number of carbonyl (C=O) groups is 1. The predicted octanol–water partition coefficient (Wildman–Crippen LogP) is 3.45. The number of amides is 1. The number of hydrogen-bond donors (Lipinski definition) is 0. The van der Waals surface area contributed by atoms with E-state index in [9.17, 15) is 4.79 Å². The van der Waals surface area contributed by atoms with Gasteiger partial charge in [0.2, 0.25) is 0 Å². The molecule has 1 saturated carbocycles. The number of hydrogen-bond acceptors (Lipinski definition) is 4. The van der Waals surface area contributed by atoms with Crippen molar-refractivity contribution in [2.24, 2.45) is 11.8 Å². The zero-order valence-corrected chi connectivity index (χ0v) is 13.6. The zero-order chi connectivity index (χ0) is 15.4. The highest BCUT2D eigenvalue weighted by molar-refractivity contribution is 5.89. The van der Waals surface area contributed by atoms with Gasteiger partial charge in [0.1, 0.15) is 0 Å². The summed E-state index contributed by atoms with van der Waals surface area (Å²) in [7, 11) is 0. The summed E-state index contributed by atoms with van der Waals surface area (Å²) in [6.07, 6.45) is 11.4. The molecule has 0 radical (unpaired) electrons. The van der Waals surface area contributed by atoms with Crippen LogP contribution in [0.4, 0.5) is 0 Å². The van der Waals surface area contributed by atoms with Crippen LogP contribution in [0, 0.1) is 11.8 Å². The summed E-state index contributed by atoms with van der Waals surface area (Å²) in [5.74, 6) is 2.39. The Labute approximate surface area is 132 Å².